The Balaban J connectivity index is 1.39. The molecule has 1 N–H and O–H groups in total. The van der Waals surface area contributed by atoms with Crippen molar-refractivity contribution < 1.29 is 18.3 Å². The quantitative estimate of drug-likeness (QED) is 0.515. The van der Waals surface area contributed by atoms with E-state index in [-0.39, 0.29) is 28.9 Å². The molecule has 4 rings (SSSR count). The van der Waals surface area contributed by atoms with Gasteiger partial charge in [0.05, 0.1) is 22.4 Å². The van der Waals surface area contributed by atoms with Gasteiger partial charge in [-0.3, -0.25) is 9.79 Å². The van der Waals surface area contributed by atoms with Gasteiger partial charge in [0, 0.05) is 43.5 Å². The first-order chi connectivity index (χ1) is 16.6. The molecule has 0 aliphatic carbocycles. The fourth-order valence-electron chi connectivity index (χ4n) is 4.74. The molecule has 10 heteroatoms. The molecule has 0 spiro atoms. The highest BCUT2D eigenvalue weighted by Crippen LogP contribution is 2.35. The van der Waals surface area contributed by atoms with E-state index in [4.69, 9.17) is 11.6 Å². The Morgan fingerprint density at radius 2 is 1.86 bits per heavy atom. The molecule has 1 saturated heterocycles. The summed E-state index contributed by atoms with van der Waals surface area (Å²) in [5.74, 6) is -0.124. The Bertz CT molecular complexity index is 1420. The van der Waals surface area contributed by atoms with Crippen molar-refractivity contribution in [2.24, 2.45) is 12.0 Å². The summed E-state index contributed by atoms with van der Waals surface area (Å²) in [6.45, 7) is 2.90. The number of hydrogen-bond donors (Lipinski definition) is 1. The summed E-state index contributed by atoms with van der Waals surface area (Å²) < 4.78 is 27.7. The zero-order chi connectivity index (χ0) is 25.3. The molecule has 0 saturated carbocycles. The van der Waals surface area contributed by atoms with Crippen LogP contribution in [0.2, 0.25) is 5.02 Å². The van der Waals surface area contributed by atoms with E-state index in [9.17, 15) is 18.3 Å². The van der Waals surface area contributed by atoms with E-state index >= 15 is 0 Å². The van der Waals surface area contributed by atoms with Gasteiger partial charge < -0.3 is 14.6 Å². The maximum absolute atomic E-state index is 12.9. The lowest BCUT2D eigenvalue weighted by atomic mass is 9.93. The van der Waals surface area contributed by atoms with Crippen LogP contribution < -0.4 is 4.80 Å². The molecule has 1 aromatic heterocycles. The molecule has 3 aromatic rings. The molecule has 2 aromatic carbocycles. The van der Waals surface area contributed by atoms with Crippen molar-refractivity contribution in [1.29, 1.82) is 0 Å². The fourth-order valence-corrected chi connectivity index (χ4v) is 7.52. The number of amides is 1. The lowest BCUT2D eigenvalue weighted by Gasteiger charge is -2.32. The third-order valence-electron chi connectivity index (χ3n) is 6.62. The molecule has 1 atom stereocenters. The number of aliphatic hydroxyl groups excluding tert-OH is 1. The summed E-state index contributed by atoms with van der Waals surface area (Å²) in [7, 11) is 0.0620. The number of hydrogen-bond acceptors (Lipinski definition) is 6. The molecule has 1 aliphatic rings. The minimum atomic E-state index is -3.59. The van der Waals surface area contributed by atoms with Gasteiger partial charge in [-0.05, 0) is 60.7 Å². The summed E-state index contributed by atoms with van der Waals surface area (Å²) >= 11 is 7.60. The summed E-state index contributed by atoms with van der Waals surface area (Å²) in [5, 5.41) is 12.6. The molecule has 1 amide bonds. The Morgan fingerprint density at radius 1 is 1.20 bits per heavy atom. The number of fused-ring (bicyclic) bond motifs is 1. The number of piperidine rings is 1. The highest BCUT2D eigenvalue weighted by atomic mass is 35.5. The van der Waals surface area contributed by atoms with Crippen LogP contribution in [-0.4, -0.2) is 54.8 Å². The van der Waals surface area contributed by atoms with Crippen LogP contribution in [-0.2, 0) is 21.7 Å². The summed E-state index contributed by atoms with van der Waals surface area (Å²) in [6.07, 6.45) is 0.903. The van der Waals surface area contributed by atoms with E-state index in [1.165, 1.54) is 0 Å². The molecule has 2 heterocycles. The van der Waals surface area contributed by atoms with Crippen LogP contribution >= 0.6 is 22.9 Å². The van der Waals surface area contributed by atoms with Crippen molar-refractivity contribution in [3.8, 4) is 0 Å². The average molecular weight is 536 g/mol. The molecular weight excluding hydrogens is 506 g/mol. The third kappa shape index (κ3) is 5.48. The fraction of sp³-hybridized carbons (Fsp3) is 0.440. The number of sulfone groups is 1. The first kappa shape index (κ1) is 25.9. The smallest absolute Gasteiger partial charge is 0.223 e. The largest absolute Gasteiger partial charge is 0.387 e. The summed E-state index contributed by atoms with van der Waals surface area (Å²) in [5.41, 5.74) is 0.879. The van der Waals surface area contributed by atoms with Crippen molar-refractivity contribution >= 4 is 49.5 Å². The van der Waals surface area contributed by atoms with E-state index in [1.54, 1.807) is 66.6 Å². The second-order valence-corrected chi connectivity index (χ2v) is 12.5. The standard InChI is InChI=1S/C25H30ClN3O4S2/c1-16(30)23-24(34-25(27-2)28(23)3)17-8-11-29(12-9-17)22(31)10-13-35(32,33)21-7-5-18-14-20(26)6-4-19(18)15-21/h4-7,14-17,30H,8-13H2,1-3H3/b27-25-. The van der Waals surface area contributed by atoms with Crippen LogP contribution in [0.1, 0.15) is 48.8 Å². The average Bonchev–Trinajstić information content (AvgIpc) is 3.18. The molecule has 1 unspecified atom stereocenters. The minimum Gasteiger partial charge on any atom is -0.387 e. The third-order valence-corrected chi connectivity index (χ3v) is 9.98. The highest BCUT2D eigenvalue weighted by Gasteiger charge is 2.29. The van der Waals surface area contributed by atoms with Crippen LogP contribution in [0.3, 0.4) is 0 Å². The zero-order valence-electron chi connectivity index (χ0n) is 20.1. The number of carbonyl (C=O) groups is 1. The molecular formula is C25H30ClN3O4S2. The minimum absolute atomic E-state index is 0.0442. The van der Waals surface area contributed by atoms with Gasteiger partial charge in [-0.2, -0.15) is 0 Å². The van der Waals surface area contributed by atoms with Crippen molar-refractivity contribution in [2.45, 2.75) is 43.1 Å². The van der Waals surface area contributed by atoms with Gasteiger partial charge in [0.15, 0.2) is 14.6 Å². The molecule has 188 valence electrons. The molecule has 35 heavy (non-hydrogen) atoms. The van der Waals surface area contributed by atoms with Crippen molar-refractivity contribution in [3.05, 3.63) is 56.8 Å². The van der Waals surface area contributed by atoms with Gasteiger partial charge in [-0.25, -0.2) is 8.42 Å². The Morgan fingerprint density at radius 3 is 2.51 bits per heavy atom. The normalized spacial score (nSPS) is 16.7. The van der Waals surface area contributed by atoms with Crippen LogP contribution in [0.25, 0.3) is 10.8 Å². The number of carbonyl (C=O) groups excluding carboxylic acids is 1. The van der Waals surface area contributed by atoms with Crippen molar-refractivity contribution in [2.75, 3.05) is 25.9 Å². The second-order valence-electron chi connectivity index (χ2n) is 8.97. The van der Waals surface area contributed by atoms with Gasteiger partial charge in [0.25, 0.3) is 0 Å². The topological polar surface area (TPSA) is 92.0 Å². The predicted molar refractivity (Wildman–Crippen MR) is 140 cm³/mol. The number of aromatic nitrogens is 1. The van der Waals surface area contributed by atoms with Gasteiger partial charge in [0.1, 0.15) is 0 Å². The van der Waals surface area contributed by atoms with Gasteiger partial charge in [-0.1, -0.05) is 23.7 Å². The van der Waals surface area contributed by atoms with Gasteiger partial charge in [-0.15, -0.1) is 11.3 Å². The maximum Gasteiger partial charge on any atom is 0.223 e. The number of rotatable bonds is 6. The van der Waals surface area contributed by atoms with E-state index in [1.807, 2.05) is 11.6 Å². The number of likely N-dealkylation sites (tertiary alicyclic amines) is 1. The SMILES string of the molecule is C/N=c1\sc(C2CCN(C(=O)CCS(=O)(=O)c3ccc4cc(Cl)ccc4c3)CC2)c(C(C)O)n1C. The van der Waals surface area contributed by atoms with E-state index in [2.05, 4.69) is 4.99 Å². The number of thiazole rings is 1. The molecule has 1 fully saturated rings. The number of halogens is 1. The molecule has 7 nitrogen and oxygen atoms in total. The molecule has 1 aliphatic heterocycles. The van der Waals surface area contributed by atoms with E-state index in [0.29, 0.717) is 18.1 Å². The van der Waals surface area contributed by atoms with Crippen LogP contribution in [0.15, 0.2) is 46.3 Å². The summed E-state index contributed by atoms with van der Waals surface area (Å²) in [6, 6.07) is 10.3. The lowest BCUT2D eigenvalue weighted by molar-refractivity contribution is -0.131. The Labute approximate surface area is 214 Å². The highest BCUT2D eigenvalue weighted by molar-refractivity contribution is 7.91. The number of aliphatic hydroxyl groups is 1. The number of nitrogens with zero attached hydrogens (tertiary/aromatic N) is 3. The molecule has 0 radical (unpaired) electrons. The maximum atomic E-state index is 12.9. The summed E-state index contributed by atoms with van der Waals surface area (Å²) in [4.78, 5) is 21.1. The van der Waals surface area contributed by atoms with Crippen LogP contribution in [0.5, 0.6) is 0 Å². The predicted octanol–water partition coefficient (Wildman–Crippen LogP) is 4.05. The first-order valence-electron chi connectivity index (χ1n) is 11.6. The second kappa shape index (κ2) is 10.4. The first-order valence-corrected chi connectivity index (χ1v) is 14.5. The zero-order valence-corrected chi connectivity index (χ0v) is 22.5. The van der Waals surface area contributed by atoms with Crippen LogP contribution in [0, 0.1) is 0 Å². The van der Waals surface area contributed by atoms with E-state index < -0.39 is 15.9 Å². The van der Waals surface area contributed by atoms with Gasteiger partial charge in [0.2, 0.25) is 5.91 Å². The van der Waals surface area contributed by atoms with E-state index in [0.717, 1.165) is 39.0 Å². The van der Waals surface area contributed by atoms with Gasteiger partial charge >= 0.3 is 0 Å². The van der Waals surface area contributed by atoms with Crippen LogP contribution in [0.4, 0.5) is 0 Å². The monoisotopic (exact) mass is 535 g/mol. The Kier molecular flexibility index (Phi) is 7.71. The lowest BCUT2D eigenvalue weighted by Crippen LogP contribution is -2.38. The number of benzene rings is 2. The van der Waals surface area contributed by atoms with Crippen molar-refractivity contribution in [1.82, 2.24) is 9.47 Å². The van der Waals surface area contributed by atoms with Crippen molar-refractivity contribution in [3.63, 3.8) is 0 Å². The Hall–Kier alpha value is -2.20. The molecule has 0 bridgehead atoms.